The fourth-order valence-corrected chi connectivity index (χ4v) is 0.849. The summed E-state index contributed by atoms with van der Waals surface area (Å²) < 4.78 is 0. The van der Waals surface area contributed by atoms with E-state index < -0.39 is 5.41 Å². The van der Waals surface area contributed by atoms with E-state index in [0.717, 1.165) is 5.82 Å². The first-order valence-electron chi connectivity index (χ1n) is 3.52. The molecule has 0 atom stereocenters. The van der Waals surface area contributed by atoms with Gasteiger partial charge in [0.05, 0.1) is 0 Å². The van der Waals surface area contributed by atoms with Gasteiger partial charge in [-0.3, -0.25) is 4.79 Å². The number of carbonyl (C=O) groups excluding carboxylic acids is 1. The molecule has 0 aliphatic heterocycles. The summed E-state index contributed by atoms with van der Waals surface area (Å²) >= 11 is 0. The summed E-state index contributed by atoms with van der Waals surface area (Å²) in [5.41, 5.74) is -0.433. The Balaban J connectivity index is 2.63. The summed E-state index contributed by atoms with van der Waals surface area (Å²) in [6, 6.07) is 0. The van der Waals surface area contributed by atoms with Crippen LogP contribution in [0.3, 0.4) is 0 Å². The van der Waals surface area contributed by atoms with Crippen LogP contribution >= 0.6 is 0 Å². The predicted octanol–water partition coefficient (Wildman–Crippen LogP) is 1.09. The molecular weight excluding hydrogens is 140 g/mol. The van der Waals surface area contributed by atoms with Gasteiger partial charge in [0.2, 0.25) is 6.29 Å². The number of imidazole rings is 1. The maximum atomic E-state index is 10.4. The van der Waals surface area contributed by atoms with Crippen molar-refractivity contribution in [2.75, 3.05) is 0 Å². The van der Waals surface area contributed by atoms with Crippen molar-refractivity contribution in [1.82, 2.24) is 9.97 Å². The molecule has 1 rings (SSSR count). The molecule has 3 nitrogen and oxygen atoms in total. The van der Waals surface area contributed by atoms with E-state index in [1.165, 1.54) is 0 Å². The lowest BCUT2D eigenvalue weighted by Crippen LogP contribution is -2.17. The van der Waals surface area contributed by atoms with Crippen LogP contribution in [0.25, 0.3) is 0 Å². The highest BCUT2D eigenvalue weighted by Crippen LogP contribution is 2.15. The molecule has 1 aromatic heterocycles. The van der Waals surface area contributed by atoms with E-state index in [1.807, 2.05) is 20.1 Å². The molecule has 0 saturated carbocycles. The summed E-state index contributed by atoms with van der Waals surface area (Å²) in [4.78, 5) is 17.3. The average molecular weight is 151 g/mol. The predicted molar refractivity (Wildman–Crippen MR) is 41.8 cm³/mol. The van der Waals surface area contributed by atoms with Gasteiger partial charge in [-0.05, 0) is 0 Å². The number of hydrogen-bond acceptors (Lipinski definition) is 2. The van der Waals surface area contributed by atoms with Crippen LogP contribution < -0.4 is 0 Å². The molecule has 1 aromatic rings. The molecule has 0 aliphatic rings. The zero-order valence-corrected chi connectivity index (χ0v) is 6.72. The van der Waals surface area contributed by atoms with Crippen LogP contribution in [0.2, 0.25) is 0 Å². The lowest BCUT2D eigenvalue weighted by atomic mass is 9.91. The van der Waals surface area contributed by atoms with Crippen LogP contribution in [0, 0.1) is 5.41 Å². The number of aromatic amines is 1. The second kappa shape index (κ2) is 2.86. The van der Waals surface area contributed by atoms with Gasteiger partial charge in [0.25, 0.3) is 0 Å². The normalized spacial score (nSPS) is 11.5. The molecule has 1 N–H and O–H groups in total. The highest BCUT2D eigenvalue weighted by molar-refractivity contribution is 5.59. The van der Waals surface area contributed by atoms with Crippen molar-refractivity contribution in [2.24, 2.45) is 5.41 Å². The van der Waals surface area contributed by atoms with E-state index in [-0.39, 0.29) is 0 Å². The van der Waals surface area contributed by atoms with Crippen molar-refractivity contribution in [3.63, 3.8) is 0 Å². The minimum Gasteiger partial charge on any atom is -0.349 e. The van der Waals surface area contributed by atoms with Crippen molar-refractivity contribution in [3.05, 3.63) is 18.2 Å². The van der Waals surface area contributed by atoms with E-state index in [4.69, 9.17) is 0 Å². The van der Waals surface area contributed by atoms with Gasteiger partial charge in [-0.1, -0.05) is 13.8 Å². The zero-order chi connectivity index (χ0) is 8.32. The third-order valence-electron chi connectivity index (χ3n) is 1.44. The third kappa shape index (κ3) is 2.18. The standard InChI is InChI=1S/C8H11N2O/c1-8(2,6-11)5-7-9-3-4-10-7/h3-4H,5H2,1-2H3,(H,9,10). The SMILES string of the molecule is CC(C)([C]=O)Cc1ncc[nH]1. The first-order chi connectivity index (χ1) is 5.14. The molecule has 59 valence electrons. The number of nitrogens with zero attached hydrogens (tertiary/aromatic N) is 1. The Hall–Kier alpha value is -1.12. The zero-order valence-electron chi connectivity index (χ0n) is 6.72. The van der Waals surface area contributed by atoms with Gasteiger partial charge >= 0.3 is 0 Å². The smallest absolute Gasteiger partial charge is 0.204 e. The van der Waals surface area contributed by atoms with Crippen molar-refractivity contribution in [3.8, 4) is 0 Å². The Kier molecular flexibility index (Phi) is 2.08. The monoisotopic (exact) mass is 151 g/mol. The summed E-state index contributed by atoms with van der Waals surface area (Å²) in [6.07, 6.45) is 6.01. The number of H-pyrrole nitrogens is 1. The molecule has 0 bridgehead atoms. The third-order valence-corrected chi connectivity index (χ3v) is 1.44. The largest absolute Gasteiger partial charge is 0.349 e. The summed E-state index contributed by atoms with van der Waals surface area (Å²) in [6.45, 7) is 3.67. The number of aromatic nitrogens is 2. The fraction of sp³-hybridized carbons (Fsp3) is 0.500. The molecule has 11 heavy (non-hydrogen) atoms. The second-order valence-corrected chi connectivity index (χ2v) is 3.20. The molecule has 1 heterocycles. The first kappa shape index (κ1) is 7.98. The Morgan fingerprint density at radius 3 is 2.91 bits per heavy atom. The van der Waals surface area contributed by atoms with Crippen molar-refractivity contribution < 1.29 is 4.79 Å². The summed E-state index contributed by atoms with van der Waals surface area (Å²) in [5, 5.41) is 0. The van der Waals surface area contributed by atoms with Crippen LogP contribution in [0.4, 0.5) is 0 Å². The lowest BCUT2D eigenvalue weighted by Gasteiger charge is -2.12. The van der Waals surface area contributed by atoms with Crippen molar-refractivity contribution in [1.29, 1.82) is 0 Å². The van der Waals surface area contributed by atoms with Gasteiger partial charge in [-0.25, -0.2) is 4.98 Å². The second-order valence-electron chi connectivity index (χ2n) is 3.20. The average Bonchev–Trinajstić information content (AvgIpc) is 2.39. The molecule has 0 spiro atoms. The highest BCUT2D eigenvalue weighted by atomic mass is 16.1. The topological polar surface area (TPSA) is 45.8 Å². The number of nitrogens with one attached hydrogen (secondary N) is 1. The van der Waals surface area contributed by atoms with Gasteiger partial charge in [-0.2, -0.15) is 0 Å². The minimum absolute atomic E-state index is 0.433. The van der Waals surface area contributed by atoms with E-state index in [9.17, 15) is 4.79 Å². The van der Waals surface area contributed by atoms with E-state index >= 15 is 0 Å². The van der Waals surface area contributed by atoms with Crippen LogP contribution in [0.15, 0.2) is 12.4 Å². The number of hydrogen-bond donors (Lipinski definition) is 1. The highest BCUT2D eigenvalue weighted by Gasteiger charge is 2.19. The van der Waals surface area contributed by atoms with Gasteiger partial charge in [-0.15, -0.1) is 0 Å². The molecule has 0 fully saturated rings. The van der Waals surface area contributed by atoms with Gasteiger partial charge in [0.1, 0.15) is 5.82 Å². The Morgan fingerprint density at radius 2 is 2.45 bits per heavy atom. The first-order valence-corrected chi connectivity index (χ1v) is 3.52. The molecule has 0 unspecified atom stereocenters. The van der Waals surface area contributed by atoms with Crippen LogP contribution in [-0.4, -0.2) is 16.3 Å². The molecule has 1 radical (unpaired) electrons. The fourth-order valence-electron chi connectivity index (χ4n) is 0.849. The van der Waals surface area contributed by atoms with E-state index in [1.54, 1.807) is 12.4 Å². The Labute approximate surface area is 65.8 Å². The number of rotatable bonds is 3. The quantitative estimate of drug-likeness (QED) is 0.702. The maximum absolute atomic E-state index is 10.4. The van der Waals surface area contributed by atoms with E-state index in [2.05, 4.69) is 9.97 Å². The molecule has 0 aromatic carbocycles. The van der Waals surface area contributed by atoms with Gasteiger partial charge < -0.3 is 4.98 Å². The lowest BCUT2D eigenvalue weighted by molar-refractivity contribution is 0.442. The maximum Gasteiger partial charge on any atom is 0.204 e. The van der Waals surface area contributed by atoms with Crippen molar-refractivity contribution in [2.45, 2.75) is 20.3 Å². The molecule has 0 aliphatic carbocycles. The van der Waals surface area contributed by atoms with Crippen molar-refractivity contribution >= 4 is 6.29 Å². The van der Waals surface area contributed by atoms with Crippen LogP contribution in [-0.2, 0) is 11.2 Å². The van der Waals surface area contributed by atoms with E-state index in [0.29, 0.717) is 6.42 Å². The van der Waals surface area contributed by atoms with Gasteiger partial charge in [0.15, 0.2) is 0 Å². The summed E-state index contributed by atoms with van der Waals surface area (Å²) in [7, 11) is 0. The van der Waals surface area contributed by atoms with Crippen LogP contribution in [0.5, 0.6) is 0 Å². The Morgan fingerprint density at radius 1 is 1.73 bits per heavy atom. The summed E-state index contributed by atoms with van der Waals surface area (Å²) in [5.74, 6) is 0.832. The molecular formula is C8H11N2O. The Bertz CT molecular complexity index is 226. The molecule has 0 amide bonds. The van der Waals surface area contributed by atoms with Gasteiger partial charge in [0, 0.05) is 24.2 Å². The molecule has 0 saturated heterocycles. The molecule has 3 heteroatoms. The van der Waals surface area contributed by atoms with Crippen LogP contribution in [0.1, 0.15) is 19.7 Å². The minimum atomic E-state index is -0.433.